The predicted molar refractivity (Wildman–Crippen MR) is 78.7 cm³/mol. The number of hydrogen-bond donors (Lipinski definition) is 2. The summed E-state index contributed by atoms with van der Waals surface area (Å²) in [4.78, 5) is 4.49. The fourth-order valence-electron chi connectivity index (χ4n) is 2.43. The van der Waals surface area contributed by atoms with Gasteiger partial charge in [-0.05, 0) is 37.0 Å². The van der Waals surface area contributed by atoms with Gasteiger partial charge in [0, 0.05) is 12.6 Å². The molecule has 2 N–H and O–H groups in total. The van der Waals surface area contributed by atoms with Crippen LogP contribution in [-0.2, 0) is 6.42 Å². The molecule has 0 atom stereocenters. The van der Waals surface area contributed by atoms with Crippen LogP contribution < -0.4 is 20.1 Å². The molecule has 0 amide bonds. The van der Waals surface area contributed by atoms with Gasteiger partial charge in [-0.1, -0.05) is 0 Å². The molecule has 1 aromatic carbocycles. The van der Waals surface area contributed by atoms with Crippen molar-refractivity contribution in [2.24, 2.45) is 4.99 Å². The van der Waals surface area contributed by atoms with E-state index >= 15 is 0 Å². The number of benzene rings is 1. The van der Waals surface area contributed by atoms with Gasteiger partial charge >= 0.3 is 0 Å². The molecule has 0 radical (unpaired) electrons. The lowest BCUT2D eigenvalue weighted by molar-refractivity contribution is 0.393. The molecule has 0 bridgehead atoms. The summed E-state index contributed by atoms with van der Waals surface area (Å²) < 4.78 is 10.6. The first kappa shape index (κ1) is 13.1. The third-order valence-electron chi connectivity index (χ3n) is 3.89. The minimum atomic E-state index is 0.307. The van der Waals surface area contributed by atoms with Crippen LogP contribution in [0.2, 0.25) is 0 Å². The number of nitrogens with zero attached hydrogens (tertiary/aromatic N) is 1. The molecule has 5 nitrogen and oxygen atoms in total. The molecule has 1 heterocycles. The minimum Gasteiger partial charge on any atom is -0.497 e. The van der Waals surface area contributed by atoms with Crippen LogP contribution in [0.5, 0.6) is 11.5 Å². The van der Waals surface area contributed by atoms with Crippen LogP contribution in [0.4, 0.5) is 0 Å². The Morgan fingerprint density at radius 3 is 2.45 bits per heavy atom. The van der Waals surface area contributed by atoms with E-state index in [0.717, 1.165) is 37.0 Å². The number of hydrogen-bond acceptors (Lipinski definition) is 5. The Balaban J connectivity index is 1.53. The number of methoxy groups -OCH3 is 2. The summed E-state index contributed by atoms with van der Waals surface area (Å²) in [5.74, 6) is 2.59. The van der Waals surface area contributed by atoms with Crippen LogP contribution in [0.1, 0.15) is 18.4 Å². The van der Waals surface area contributed by atoms with Gasteiger partial charge in [-0.25, -0.2) is 0 Å². The molecule has 1 aromatic rings. The molecular weight excluding hydrogens is 254 g/mol. The lowest BCUT2D eigenvalue weighted by Crippen LogP contribution is -2.40. The zero-order valence-electron chi connectivity index (χ0n) is 12.0. The Labute approximate surface area is 119 Å². The number of guanidine groups is 1. The van der Waals surface area contributed by atoms with E-state index in [0.29, 0.717) is 5.54 Å². The van der Waals surface area contributed by atoms with Crippen molar-refractivity contribution in [3.8, 4) is 11.5 Å². The molecule has 108 valence electrons. The Morgan fingerprint density at radius 1 is 1.20 bits per heavy atom. The largest absolute Gasteiger partial charge is 0.497 e. The highest BCUT2D eigenvalue weighted by Gasteiger charge is 2.46. The standard InChI is InChI=1S/C15H21N3O2/c1-19-12-7-11(8-13(9-12)20-2)3-6-16-14-17-10-15(18-14)4-5-15/h7-9H,3-6,10H2,1-2H3,(H2,16,17,18). The van der Waals surface area contributed by atoms with Gasteiger partial charge < -0.3 is 20.1 Å². The summed E-state index contributed by atoms with van der Waals surface area (Å²) in [7, 11) is 3.34. The van der Waals surface area contributed by atoms with Crippen molar-refractivity contribution in [2.75, 3.05) is 27.3 Å². The highest BCUT2D eigenvalue weighted by Crippen LogP contribution is 2.37. The van der Waals surface area contributed by atoms with Crippen molar-refractivity contribution in [3.63, 3.8) is 0 Å². The first-order valence-corrected chi connectivity index (χ1v) is 7.01. The molecule has 3 rings (SSSR count). The molecule has 1 fully saturated rings. The highest BCUT2D eigenvalue weighted by atomic mass is 16.5. The Bertz CT molecular complexity index is 502. The van der Waals surface area contributed by atoms with Gasteiger partial charge in [-0.3, -0.25) is 4.99 Å². The summed E-state index contributed by atoms with van der Waals surface area (Å²) in [5.41, 5.74) is 1.50. The molecule has 20 heavy (non-hydrogen) atoms. The molecule has 1 aliphatic heterocycles. The summed E-state index contributed by atoms with van der Waals surface area (Å²) in [6.07, 6.45) is 3.39. The van der Waals surface area contributed by atoms with Crippen molar-refractivity contribution in [1.29, 1.82) is 0 Å². The van der Waals surface area contributed by atoms with E-state index in [1.165, 1.54) is 18.4 Å². The average molecular weight is 275 g/mol. The molecule has 1 aliphatic carbocycles. The first-order chi connectivity index (χ1) is 9.73. The van der Waals surface area contributed by atoms with Gasteiger partial charge in [0.2, 0.25) is 0 Å². The molecule has 0 aromatic heterocycles. The van der Waals surface area contributed by atoms with Gasteiger partial charge in [0.05, 0.1) is 26.3 Å². The molecule has 5 heteroatoms. The maximum Gasteiger partial charge on any atom is 0.191 e. The van der Waals surface area contributed by atoms with Crippen LogP contribution in [-0.4, -0.2) is 38.8 Å². The summed E-state index contributed by atoms with van der Waals surface area (Å²) in [6.45, 7) is 1.76. The zero-order valence-corrected chi connectivity index (χ0v) is 12.0. The predicted octanol–water partition coefficient (Wildman–Crippen LogP) is 1.33. The van der Waals surface area contributed by atoms with Gasteiger partial charge in [-0.15, -0.1) is 0 Å². The normalized spacial score (nSPS) is 18.4. The molecule has 0 saturated heterocycles. The molecule has 1 saturated carbocycles. The minimum absolute atomic E-state index is 0.307. The fourth-order valence-corrected chi connectivity index (χ4v) is 2.43. The van der Waals surface area contributed by atoms with E-state index < -0.39 is 0 Å². The zero-order chi connectivity index (χ0) is 14.0. The van der Waals surface area contributed by atoms with Gasteiger partial charge in [0.25, 0.3) is 0 Å². The number of rotatable bonds is 5. The first-order valence-electron chi connectivity index (χ1n) is 7.01. The van der Waals surface area contributed by atoms with Crippen molar-refractivity contribution in [1.82, 2.24) is 10.6 Å². The average Bonchev–Trinajstić information content (AvgIpc) is 3.11. The third-order valence-corrected chi connectivity index (χ3v) is 3.89. The van der Waals surface area contributed by atoms with E-state index in [1.807, 2.05) is 18.2 Å². The molecule has 1 spiro atoms. The monoisotopic (exact) mass is 275 g/mol. The van der Waals surface area contributed by atoms with Gasteiger partial charge in [0.15, 0.2) is 5.96 Å². The third kappa shape index (κ3) is 2.81. The van der Waals surface area contributed by atoms with Crippen molar-refractivity contribution >= 4 is 5.96 Å². The van der Waals surface area contributed by atoms with E-state index in [-0.39, 0.29) is 0 Å². The van der Waals surface area contributed by atoms with Crippen LogP contribution in [0.3, 0.4) is 0 Å². The van der Waals surface area contributed by atoms with E-state index in [4.69, 9.17) is 9.47 Å². The lowest BCUT2D eigenvalue weighted by atomic mass is 10.1. The van der Waals surface area contributed by atoms with Gasteiger partial charge in [0.1, 0.15) is 11.5 Å². The van der Waals surface area contributed by atoms with Crippen LogP contribution in [0.25, 0.3) is 0 Å². The molecule has 0 unspecified atom stereocenters. The number of nitrogens with one attached hydrogen (secondary N) is 2. The Morgan fingerprint density at radius 2 is 1.90 bits per heavy atom. The van der Waals surface area contributed by atoms with Crippen molar-refractivity contribution in [3.05, 3.63) is 23.8 Å². The van der Waals surface area contributed by atoms with Crippen LogP contribution in [0.15, 0.2) is 23.2 Å². The quantitative estimate of drug-likeness (QED) is 0.851. The SMILES string of the molecule is COc1cc(CCNC2=NCC3(CC3)N2)cc(OC)c1. The van der Waals surface area contributed by atoms with Crippen LogP contribution >= 0.6 is 0 Å². The topological polar surface area (TPSA) is 54.9 Å². The highest BCUT2D eigenvalue weighted by molar-refractivity contribution is 5.83. The maximum absolute atomic E-state index is 5.28. The van der Waals surface area contributed by atoms with Crippen LogP contribution in [0, 0.1) is 0 Å². The Kier molecular flexibility index (Phi) is 3.42. The van der Waals surface area contributed by atoms with Gasteiger partial charge in [-0.2, -0.15) is 0 Å². The molecular formula is C15H21N3O2. The molecule has 2 aliphatic rings. The summed E-state index contributed by atoms with van der Waals surface area (Å²) >= 11 is 0. The van der Waals surface area contributed by atoms with E-state index in [9.17, 15) is 0 Å². The second-order valence-electron chi connectivity index (χ2n) is 5.47. The van der Waals surface area contributed by atoms with Crippen molar-refractivity contribution < 1.29 is 9.47 Å². The van der Waals surface area contributed by atoms with E-state index in [2.05, 4.69) is 15.6 Å². The number of aliphatic imine (C=N–C) groups is 1. The second-order valence-corrected chi connectivity index (χ2v) is 5.47. The Hall–Kier alpha value is -1.91. The maximum atomic E-state index is 5.28. The summed E-state index contributed by atoms with van der Waals surface area (Å²) in [5, 5.41) is 6.82. The van der Waals surface area contributed by atoms with E-state index in [1.54, 1.807) is 14.2 Å². The smallest absolute Gasteiger partial charge is 0.191 e. The second kappa shape index (κ2) is 5.23. The lowest BCUT2D eigenvalue weighted by Gasteiger charge is -2.11. The fraction of sp³-hybridized carbons (Fsp3) is 0.533. The van der Waals surface area contributed by atoms with Crippen molar-refractivity contribution in [2.45, 2.75) is 24.8 Å². The summed E-state index contributed by atoms with van der Waals surface area (Å²) in [6, 6.07) is 5.96. The number of ether oxygens (including phenoxy) is 2.